The second-order valence-corrected chi connectivity index (χ2v) is 6.47. The lowest BCUT2D eigenvalue weighted by atomic mass is 9.96. The summed E-state index contributed by atoms with van der Waals surface area (Å²) in [7, 11) is 0. The van der Waals surface area contributed by atoms with Crippen molar-refractivity contribution in [2.24, 2.45) is 11.8 Å². The molecule has 1 saturated heterocycles. The molecular formula is C17H23N3O2. The van der Waals surface area contributed by atoms with Gasteiger partial charge in [0.15, 0.2) is 0 Å². The fourth-order valence-electron chi connectivity index (χ4n) is 2.86. The summed E-state index contributed by atoms with van der Waals surface area (Å²) >= 11 is 0. The number of pyridine rings is 1. The molecule has 0 radical (unpaired) electrons. The van der Waals surface area contributed by atoms with E-state index in [-0.39, 0.29) is 17.7 Å². The van der Waals surface area contributed by atoms with Crippen LogP contribution in [-0.2, 0) is 4.79 Å². The quantitative estimate of drug-likeness (QED) is 0.922. The second-order valence-electron chi connectivity index (χ2n) is 6.47. The van der Waals surface area contributed by atoms with Crippen LogP contribution in [0, 0.1) is 18.8 Å². The van der Waals surface area contributed by atoms with E-state index >= 15 is 0 Å². The van der Waals surface area contributed by atoms with Crippen LogP contribution in [-0.4, -0.2) is 41.3 Å². The molecule has 3 rings (SSSR count). The van der Waals surface area contributed by atoms with Crippen LogP contribution in [0.1, 0.15) is 41.7 Å². The molecule has 1 aliphatic carbocycles. The minimum absolute atomic E-state index is 0.0211. The average molecular weight is 301 g/mol. The van der Waals surface area contributed by atoms with Crippen molar-refractivity contribution in [3.05, 3.63) is 29.6 Å². The monoisotopic (exact) mass is 301 g/mol. The maximum absolute atomic E-state index is 12.5. The van der Waals surface area contributed by atoms with Gasteiger partial charge < -0.3 is 10.2 Å². The van der Waals surface area contributed by atoms with Crippen molar-refractivity contribution in [3.63, 3.8) is 0 Å². The molecule has 1 saturated carbocycles. The molecule has 1 aromatic heterocycles. The van der Waals surface area contributed by atoms with Gasteiger partial charge in [0.25, 0.3) is 5.91 Å². The van der Waals surface area contributed by atoms with E-state index in [1.165, 1.54) is 12.8 Å². The lowest BCUT2D eigenvalue weighted by molar-refractivity contribution is -0.126. The van der Waals surface area contributed by atoms with Crippen molar-refractivity contribution in [1.82, 2.24) is 15.2 Å². The first-order valence-corrected chi connectivity index (χ1v) is 8.13. The van der Waals surface area contributed by atoms with E-state index in [0.29, 0.717) is 18.0 Å². The Morgan fingerprint density at radius 3 is 2.82 bits per heavy atom. The Hall–Kier alpha value is -1.91. The number of nitrogens with zero attached hydrogens (tertiary/aromatic N) is 2. The Bertz CT molecular complexity index is 552. The molecule has 5 heteroatoms. The van der Waals surface area contributed by atoms with Crippen LogP contribution in [0.25, 0.3) is 0 Å². The molecule has 2 fully saturated rings. The third-order valence-corrected chi connectivity index (χ3v) is 4.50. The van der Waals surface area contributed by atoms with E-state index in [0.717, 1.165) is 31.6 Å². The lowest BCUT2D eigenvalue weighted by Gasteiger charge is -2.32. The molecule has 2 amide bonds. The Balaban J connectivity index is 1.58. The molecule has 1 aromatic rings. The Labute approximate surface area is 131 Å². The van der Waals surface area contributed by atoms with Crippen LogP contribution in [0.3, 0.4) is 0 Å². The van der Waals surface area contributed by atoms with Gasteiger partial charge in [-0.3, -0.25) is 14.6 Å². The topological polar surface area (TPSA) is 62.3 Å². The highest BCUT2D eigenvalue weighted by molar-refractivity contribution is 5.94. The lowest BCUT2D eigenvalue weighted by Crippen LogP contribution is -2.45. The molecule has 1 atom stereocenters. The van der Waals surface area contributed by atoms with Crippen LogP contribution in [0.4, 0.5) is 0 Å². The number of carbonyl (C=O) groups is 2. The maximum atomic E-state index is 12.5. The molecule has 0 bridgehead atoms. The molecule has 22 heavy (non-hydrogen) atoms. The van der Waals surface area contributed by atoms with Gasteiger partial charge in [-0.15, -0.1) is 0 Å². The summed E-state index contributed by atoms with van der Waals surface area (Å²) in [5.41, 5.74) is 1.50. The fraction of sp³-hybridized carbons (Fsp3) is 0.588. The van der Waals surface area contributed by atoms with Gasteiger partial charge in [-0.1, -0.05) is 0 Å². The summed E-state index contributed by atoms with van der Waals surface area (Å²) in [4.78, 5) is 30.7. The predicted octanol–water partition coefficient (Wildman–Crippen LogP) is 1.77. The number of piperidine rings is 1. The molecule has 1 aliphatic heterocycles. The highest BCUT2D eigenvalue weighted by atomic mass is 16.2. The zero-order chi connectivity index (χ0) is 15.5. The number of likely N-dealkylation sites (tertiary alicyclic amines) is 1. The van der Waals surface area contributed by atoms with E-state index in [2.05, 4.69) is 10.3 Å². The van der Waals surface area contributed by atoms with Crippen LogP contribution in [0.15, 0.2) is 18.3 Å². The molecule has 2 aliphatic rings. The van der Waals surface area contributed by atoms with Crippen molar-refractivity contribution in [2.75, 3.05) is 19.6 Å². The zero-order valence-electron chi connectivity index (χ0n) is 13.0. The van der Waals surface area contributed by atoms with E-state index in [9.17, 15) is 9.59 Å². The van der Waals surface area contributed by atoms with Crippen LogP contribution in [0.5, 0.6) is 0 Å². The summed E-state index contributed by atoms with van der Waals surface area (Å²) in [6, 6.07) is 3.65. The largest absolute Gasteiger partial charge is 0.356 e. The normalized spacial score (nSPS) is 21.5. The smallest absolute Gasteiger partial charge is 0.255 e. The van der Waals surface area contributed by atoms with E-state index in [4.69, 9.17) is 0 Å². The van der Waals surface area contributed by atoms with Gasteiger partial charge in [0, 0.05) is 31.5 Å². The molecule has 118 valence electrons. The van der Waals surface area contributed by atoms with Crippen molar-refractivity contribution in [3.8, 4) is 0 Å². The standard InChI is InChI=1S/C17H23N3O2/c1-12-4-7-14(10-18-12)17(22)20-8-2-3-15(11-20)16(21)19-9-13-5-6-13/h4,7,10,13,15H,2-3,5-6,8-9,11H2,1H3,(H,19,21)/t15-/m1/s1. The molecule has 0 aromatic carbocycles. The molecule has 2 heterocycles. The number of nitrogens with one attached hydrogen (secondary N) is 1. The van der Waals surface area contributed by atoms with E-state index in [1.54, 1.807) is 17.2 Å². The number of hydrogen-bond donors (Lipinski definition) is 1. The molecular weight excluding hydrogens is 278 g/mol. The third kappa shape index (κ3) is 3.64. The summed E-state index contributed by atoms with van der Waals surface area (Å²) in [5, 5.41) is 3.03. The minimum Gasteiger partial charge on any atom is -0.356 e. The fourth-order valence-corrected chi connectivity index (χ4v) is 2.86. The summed E-state index contributed by atoms with van der Waals surface area (Å²) in [6.07, 6.45) is 5.83. The first-order chi connectivity index (χ1) is 10.6. The van der Waals surface area contributed by atoms with Crippen LogP contribution >= 0.6 is 0 Å². The number of aromatic nitrogens is 1. The molecule has 0 unspecified atom stereocenters. The van der Waals surface area contributed by atoms with E-state index in [1.807, 2.05) is 13.0 Å². The Morgan fingerprint density at radius 1 is 1.32 bits per heavy atom. The van der Waals surface area contributed by atoms with E-state index < -0.39 is 0 Å². The highest BCUT2D eigenvalue weighted by Gasteiger charge is 2.30. The van der Waals surface area contributed by atoms with Crippen molar-refractivity contribution in [2.45, 2.75) is 32.6 Å². The number of aryl methyl sites for hydroxylation is 1. The van der Waals surface area contributed by atoms with Gasteiger partial charge in [0.2, 0.25) is 5.91 Å². The number of carbonyl (C=O) groups excluding carboxylic acids is 2. The number of hydrogen-bond acceptors (Lipinski definition) is 3. The third-order valence-electron chi connectivity index (χ3n) is 4.50. The SMILES string of the molecule is Cc1ccc(C(=O)N2CCC[C@@H](C(=O)NCC3CC3)C2)cn1. The van der Waals surface area contributed by atoms with Crippen molar-refractivity contribution >= 4 is 11.8 Å². The van der Waals surface area contributed by atoms with Crippen LogP contribution < -0.4 is 5.32 Å². The summed E-state index contributed by atoms with van der Waals surface area (Å²) in [5.74, 6) is 0.692. The first kappa shape index (κ1) is 15.0. The number of amides is 2. The minimum atomic E-state index is -0.0742. The van der Waals surface area contributed by atoms with Gasteiger partial charge in [-0.2, -0.15) is 0 Å². The Morgan fingerprint density at radius 2 is 2.14 bits per heavy atom. The van der Waals surface area contributed by atoms with Gasteiger partial charge in [0.05, 0.1) is 11.5 Å². The van der Waals surface area contributed by atoms with Gasteiger partial charge >= 0.3 is 0 Å². The van der Waals surface area contributed by atoms with Crippen LogP contribution in [0.2, 0.25) is 0 Å². The van der Waals surface area contributed by atoms with Crippen molar-refractivity contribution < 1.29 is 9.59 Å². The predicted molar refractivity (Wildman–Crippen MR) is 83.3 cm³/mol. The molecule has 5 nitrogen and oxygen atoms in total. The van der Waals surface area contributed by atoms with Crippen molar-refractivity contribution in [1.29, 1.82) is 0 Å². The average Bonchev–Trinajstić information content (AvgIpc) is 3.37. The summed E-state index contributed by atoms with van der Waals surface area (Å²) in [6.45, 7) is 3.93. The van der Waals surface area contributed by atoms with Gasteiger partial charge in [-0.05, 0) is 50.7 Å². The van der Waals surface area contributed by atoms with Gasteiger partial charge in [-0.25, -0.2) is 0 Å². The zero-order valence-corrected chi connectivity index (χ0v) is 13.0. The summed E-state index contributed by atoms with van der Waals surface area (Å²) < 4.78 is 0. The first-order valence-electron chi connectivity index (χ1n) is 8.13. The second kappa shape index (κ2) is 6.46. The maximum Gasteiger partial charge on any atom is 0.255 e. The molecule has 0 spiro atoms. The van der Waals surface area contributed by atoms with Gasteiger partial charge in [0.1, 0.15) is 0 Å². The molecule has 1 N–H and O–H groups in total. The highest BCUT2D eigenvalue weighted by Crippen LogP contribution is 2.28. The Kier molecular flexibility index (Phi) is 4.41. The number of rotatable bonds is 4.